The molecule has 1 fully saturated rings. The third-order valence-corrected chi connectivity index (χ3v) is 3.20. The van der Waals surface area contributed by atoms with Crippen LogP contribution in [0.25, 0.3) is 0 Å². The maximum atomic E-state index is 11.5. The van der Waals surface area contributed by atoms with Crippen LogP contribution in [0.3, 0.4) is 0 Å². The van der Waals surface area contributed by atoms with Crippen molar-refractivity contribution in [3.05, 3.63) is 0 Å². The summed E-state index contributed by atoms with van der Waals surface area (Å²) in [5, 5.41) is 12.3. The van der Waals surface area contributed by atoms with Crippen molar-refractivity contribution in [3.8, 4) is 0 Å². The molecule has 0 saturated heterocycles. The molecule has 0 aliphatic heterocycles. The average molecular weight is 214 g/mol. The molecule has 2 unspecified atom stereocenters. The molecule has 1 rings (SSSR count). The molecule has 1 aliphatic rings. The van der Waals surface area contributed by atoms with E-state index in [1.807, 2.05) is 0 Å². The Morgan fingerprint density at radius 2 is 2.40 bits per heavy atom. The molecule has 0 radical (unpaired) electrons. The summed E-state index contributed by atoms with van der Waals surface area (Å²) < 4.78 is 0. The molecule has 0 aromatic rings. The highest BCUT2D eigenvalue weighted by Gasteiger charge is 2.36. The highest BCUT2D eigenvalue weighted by atomic mass is 16.3. The second-order valence-corrected chi connectivity index (χ2v) is 4.92. The molecule has 0 spiro atoms. The molecule has 3 atom stereocenters. The molecule has 0 bridgehead atoms. The lowest BCUT2D eigenvalue weighted by Gasteiger charge is -2.39. The monoisotopic (exact) mass is 214 g/mol. The van der Waals surface area contributed by atoms with Gasteiger partial charge in [-0.05, 0) is 25.7 Å². The van der Waals surface area contributed by atoms with Crippen molar-refractivity contribution in [2.75, 3.05) is 6.61 Å². The van der Waals surface area contributed by atoms with Gasteiger partial charge in [0.2, 0.25) is 5.91 Å². The van der Waals surface area contributed by atoms with Crippen LogP contribution in [0.1, 0.15) is 39.5 Å². The van der Waals surface area contributed by atoms with Crippen LogP contribution in [0.4, 0.5) is 0 Å². The lowest BCUT2D eigenvalue weighted by atomic mass is 9.76. The molecule has 0 aromatic heterocycles. The molecule has 4 nitrogen and oxygen atoms in total. The summed E-state index contributed by atoms with van der Waals surface area (Å²) >= 11 is 0. The zero-order valence-electron chi connectivity index (χ0n) is 9.62. The number of nitrogens with one attached hydrogen (secondary N) is 1. The molecule has 1 amide bonds. The van der Waals surface area contributed by atoms with Gasteiger partial charge in [0.1, 0.15) is 0 Å². The minimum atomic E-state index is -0.509. The van der Waals surface area contributed by atoms with Crippen molar-refractivity contribution in [3.63, 3.8) is 0 Å². The van der Waals surface area contributed by atoms with E-state index in [9.17, 15) is 9.90 Å². The van der Waals surface area contributed by atoms with Gasteiger partial charge in [-0.25, -0.2) is 0 Å². The zero-order valence-corrected chi connectivity index (χ0v) is 9.62. The normalized spacial score (nSPS) is 33.5. The predicted octanol–water partition coefficient (Wildman–Crippen LogP) is 0.391. The Labute approximate surface area is 91.2 Å². The van der Waals surface area contributed by atoms with Crippen LogP contribution in [0, 0.1) is 5.92 Å². The van der Waals surface area contributed by atoms with Crippen molar-refractivity contribution in [1.82, 2.24) is 5.32 Å². The van der Waals surface area contributed by atoms with Gasteiger partial charge in [0.05, 0.1) is 18.2 Å². The first-order valence-corrected chi connectivity index (χ1v) is 5.67. The maximum absolute atomic E-state index is 11.5. The van der Waals surface area contributed by atoms with Crippen LogP contribution in [-0.4, -0.2) is 29.2 Å². The fourth-order valence-electron chi connectivity index (χ4n) is 2.33. The molecule has 1 saturated carbocycles. The van der Waals surface area contributed by atoms with E-state index in [1.54, 1.807) is 6.92 Å². The quantitative estimate of drug-likeness (QED) is 0.636. The number of aliphatic hydroxyl groups is 1. The van der Waals surface area contributed by atoms with Crippen LogP contribution in [0.5, 0.6) is 0 Å². The van der Waals surface area contributed by atoms with E-state index in [0.29, 0.717) is 5.92 Å². The van der Waals surface area contributed by atoms with E-state index in [1.165, 1.54) is 6.42 Å². The Morgan fingerprint density at radius 1 is 1.73 bits per heavy atom. The standard InChI is InChI=1S/C11H22N2O2/c1-8-4-3-5-11(6-8,7-14)13-10(15)9(2)12/h8-9,14H,3-7,12H2,1-2H3,(H,13,15)/t8?,9-,11?/m1/s1. The first-order valence-electron chi connectivity index (χ1n) is 5.67. The minimum absolute atomic E-state index is 0.00972. The van der Waals surface area contributed by atoms with E-state index in [2.05, 4.69) is 12.2 Å². The number of hydrogen-bond acceptors (Lipinski definition) is 3. The Hall–Kier alpha value is -0.610. The van der Waals surface area contributed by atoms with Gasteiger partial charge in [-0.1, -0.05) is 19.8 Å². The highest BCUT2D eigenvalue weighted by molar-refractivity contribution is 5.81. The number of carbonyl (C=O) groups is 1. The third kappa shape index (κ3) is 3.18. The van der Waals surface area contributed by atoms with Crippen molar-refractivity contribution >= 4 is 5.91 Å². The van der Waals surface area contributed by atoms with E-state index >= 15 is 0 Å². The van der Waals surface area contributed by atoms with Crippen LogP contribution in [0.15, 0.2) is 0 Å². The summed E-state index contributed by atoms with van der Waals surface area (Å²) in [4.78, 5) is 11.5. The van der Waals surface area contributed by atoms with E-state index < -0.39 is 11.6 Å². The number of carbonyl (C=O) groups excluding carboxylic acids is 1. The number of hydrogen-bond donors (Lipinski definition) is 3. The molecule has 15 heavy (non-hydrogen) atoms. The molecule has 4 N–H and O–H groups in total. The molecule has 88 valence electrons. The summed E-state index contributed by atoms with van der Waals surface area (Å²) in [6.07, 6.45) is 3.94. The summed E-state index contributed by atoms with van der Waals surface area (Å²) in [7, 11) is 0. The number of amides is 1. The molecular formula is C11H22N2O2. The Morgan fingerprint density at radius 3 is 2.87 bits per heavy atom. The summed E-state index contributed by atoms with van der Waals surface area (Å²) in [5.74, 6) is 0.387. The van der Waals surface area contributed by atoms with Gasteiger partial charge < -0.3 is 16.2 Å². The lowest BCUT2D eigenvalue weighted by molar-refractivity contribution is -0.125. The lowest BCUT2D eigenvalue weighted by Crippen LogP contribution is -2.57. The highest BCUT2D eigenvalue weighted by Crippen LogP contribution is 2.31. The first-order chi connectivity index (χ1) is 6.99. The minimum Gasteiger partial charge on any atom is -0.394 e. The van der Waals surface area contributed by atoms with Gasteiger partial charge in [-0.3, -0.25) is 4.79 Å². The zero-order chi connectivity index (χ0) is 11.5. The van der Waals surface area contributed by atoms with Crippen molar-refractivity contribution < 1.29 is 9.90 Å². The van der Waals surface area contributed by atoms with Crippen LogP contribution < -0.4 is 11.1 Å². The number of rotatable bonds is 3. The smallest absolute Gasteiger partial charge is 0.237 e. The Balaban J connectivity index is 2.63. The Bertz CT molecular complexity index is 231. The maximum Gasteiger partial charge on any atom is 0.237 e. The molecule has 0 heterocycles. The first kappa shape index (κ1) is 12.5. The summed E-state index contributed by atoms with van der Waals surface area (Å²) in [6, 6.07) is -0.509. The SMILES string of the molecule is CC1CCCC(CO)(NC(=O)[C@@H](C)N)C1. The van der Waals surface area contributed by atoms with Crippen molar-refractivity contribution in [2.24, 2.45) is 11.7 Å². The fraction of sp³-hybridized carbons (Fsp3) is 0.909. The fourth-order valence-corrected chi connectivity index (χ4v) is 2.33. The van der Waals surface area contributed by atoms with Crippen LogP contribution >= 0.6 is 0 Å². The third-order valence-electron chi connectivity index (χ3n) is 3.20. The molecule has 0 aromatic carbocycles. The van der Waals surface area contributed by atoms with Gasteiger partial charge in [0.15, 0.2) is 0 Å². The van der Waals surface area contributed by atoms with E-state index in [-0.39, 0.29) is 12.5 Å². The second-order valence-electron chi connectivity index (χ2n) is 4.92. The largest absolute Gasteiger partial charge is 0.394 e. The van der Waals surface area contributed by atoms with Gasteiger partial charge in [-0.15, -0.1) is 0 Å². The Kier molecular flexibility index (Phi) is 4.11. The number of nitrogens with two attached hydrogens (primary N) is 1. The van der Waals surface area contributed by atoms with Crippen molar-refractivity contribution in [2.45, 2.75) is 51.1 Å². The van der Waals surface area contributed by atoms with Gasteiger partial charge >= 0.3 is 0 Å². The van der Waals surface area contributed by atoms with E-state index in [4.69, 9.17) is 5.73 Å². The van der Waals surface area contributed by atoms with Crippen LogP contribution in [-0.2, 0) is 4.79 Å². The summed E-state index contributed by atoms with van der Waals surface area (Å²) in [6.45, 7) is 3.82. The molecule has 1 aliphatic carbocycles. The van der Waals surface area contributed by atoms with Gasteiger partial charge in [0.25, 0.3) is 0 Å². The van der Waals surface area contributed by atoms with Crippen molar-refractivity contribution in [1.29, 1.82) is 0 Å². The van der Waals surface area contributed by atoms with Gasteiger partial charge in [-0.2, -0.15) is 0 Å². The van der Waals surface area contributed by atoms with Crippen LogP contribution in [0.2, 0.25) is 0 Å². The average Bonchev–Trinajstić information content (AvgIpc) is 2.17. The van der Waals surface area contributed by atoms with E-state index in [0.717, 1.165) is 19.3 Å². The topological polar surface area (TPSA) is 75.3 Å². The predicted molar refractivity (Wildman–Crippen MR) is 59.2 cm³/mol. The second kappa shape index (κ2) is 4.94. The summed E-state index contributed by atoms with van der Waals surface area (Å²) in [5.41, 5.74) is 5.08. The van der Waals surface area contributed by atoms with Gasteiger partial charge in [0, 0.05) is 0 Å². The molecule has 4 heteroatoms. The number of aliphatic hydroxyl groups excluding tert-OH is 1. The molecular weight excluding hydrogens is 192 g/mol.